The van der Waals surface area contributed by atoms with Crippen LogP contribution in [-0.2, 0) is 14.2 Å². The van der Waals surface area contributed by atoms with Crippen molar-refractivity contribution < 1.29 is 19.3 Å². The molecule has 0 bridgehead atoms. The number of halogens is 1. The molecular formula is C15H14BrCuN3OS. The van der Waals surface area contributed by atoms with Crippen molar-refractivity contribution in [2.24, 2.45) is 5.10 Å². The number of rotatable bonds is 4. The van der Waals surface area contributed by atoms with Gasteiger partial charge in [0.25, 0.3) is 0 Å². The Morgan fingerprint density at radius 1 is 1.09 bits per heavy atom. The SMILES string of the molecule is [Cu+][Br].[NH-]C(=S)N/N=C(\c1ccccc1)C(O)c1ccccc1. The molecule has 0 fully saturated rings. The first-order valence-electron chi connectivity index (χ1n) is 6.17. The molecule has 1 atom stereocenters. The number of hydrogen-bond acceptors (Lipinski definition) is 3. The molecule has 0 aliphatic rings. The topological polar surface area (TPSA) is 68.4 Å². The van der Waals surface area contributed by atoms with Gasteiger partial charge in [0.15, 0.2) is 0 Å². The fourth-order valence-electron chi connectivity index (χ4n) is 1.80. The maximum atomic E-state index is 10.5. The molecular weight excluding hydrogens is 414 g/mol. The number of nitrogens with one attached hydrogen (secondary N) is 2. The summed E-state index contributed by atoms with van der Waals surface area (Å²) >= 11 is 11.1. The first-order chi connectivity index (χ1) is 10.7. The number of nitrogens with zero attached hydrogens (tertiary/aromatic N) is 1. The Kier molecular flexibility index (Phi) is 8.96. The monoisotopic (exact) mass is 426 g/mol. The van der Waals surface area contributed by atoms with Gasteiger partial charge in [0.05, 0.1) is 5.71 Å². The summed E-state index contributed by atoms with van der Waals surface area (Å²) in [6.07, 6.45) is -0.888. The smallest absolute Gasteiger partial charge is 0.121 e. The van der Waals surface area contributed by atoms with E-state index in [0.29, 0.717) is 5.71 Å². The first-order valence-corrected chi connectivity index (χ1v) is 8.91. The van der Waals surface area contributed by atoms with E-state index in [4.69, 9.17) is 5.73 Å². The molecule has 22 heavy (non-hydrogen) atoms. The van der Waals surface area contributed by atoms with Crippen molar-refractivity contribution >= 4 is 37.2 Å². The van der Waals surface area contributed by atoms with Crippen molar-refractivity contribution in [2.45, 2.75) is 6.10 Å². The van der Waals surface area contributed by atoms with Crippen LogP contribution in [0.25, 0.3) is 5.73 Å². The van der Waals surface area contributed by atoms with Crippen molar-refractivity contribution in [3.8, 4) is 0 Å². The number of benzene rings is 2. The van der Waals surface area contributed by atoms with Gasteiger partial charge >= 0.3 is 28.3 Å². The molecule has 0 aliphatic heterocycles. The third-order valence-corrected chi connectivity index (χ3v) is 2.81. The van der Waals surface area contributed by atoms with E-state index in [1.54, 1.807) is 0 Å². The van der Waals surface area contributed by atoms with Crippen LogP contribution in [0.5, 0.6) is 0 Å². The van der Waals surface area contributed by atoms with Gasteiger partial charge in [-0.1, -0.05) is 72.9 Å². The van der Waals surface area contributed by atoms with Crippen molar-refractivity contribution in [1.82, 2.24) is 5.43 Å². The second kappa shape index (κ2) is 10.5. The van der Waals surface area contributed by atoms with Crippen LogP contribution in [-0.4, -0.2) is 15.9 Å². The number of thiocarbonyl (C=S) groups is 1. The minimum atomic E-state index is -0.888. The second-order valence-corrected chi connectivity index (χ2v) is 4.53. The van der Waals surface area contributed by atoms with Crippen molar-refractivity contribution in [2.75, 3.05) is 0 Å². The third-order valence-electron chi connectivity index (χ3n) is 2.72. The zero-order valence-electron chi connectivity index (χ0n) is 11.3. The Labute approximate surface area is 150 Å². The first kappa shape index (κ1) is 18.8. The molecule has 1 unspecified atom stereocenters. The molecule has 0 saturated carbocycles. The Bertz CT molecular complexity index is 611. The van der Waals surface area contributed by atoms with E-state index >= 15 is 0 Å². The van der Waals surface area contributed by atoms with Crippen molar-refractivity contribution in [1.29, 1.82) is 0 Å². The zero-order valence-corrected chi connectivity index (χ0v) is 14.7. The van der Waals surface area contributed by atoms with Gasteiger partial charge in [-0.3, -0.25) is 5.10 Å². The van der Waals surface area contributed by atoms with Gasteiger partial charge in [0.2, 0.25) is 0 Å². The summed E-state index contributed by atoms with van der Waals surface area (Å²) < 4.78 is 0. The summed E-state index contributed by atoms with van der Waals surface area (Å²) in [7, 11) is 0. The Morgan fingerprint density at radius 3 is 2.09 bits per heavy atom. The van der Waals surface area contributed by atoms with Crippen LogP contribution in [0.4, 0.5) is 0 Å². The standard InChI is InChI=1S/C15H15N3OS.BrH.Cu/c16-15(20)18-17-13(11-7-3-1-4-8-11)14(19)12-9-5-2-6-10-12;;/h1-10,14,19H,(H3,16,18,20);1H;/q;;+2/p-2/b17-13+;;. The van der Waals surface area contributed by atoms with E-state index < -0.39 is 6.10 Å². The molecule has 4 nitrogen and oxygen atoms in total. The third kappa shape index (κ3) is 5.87. The number of hydrogen-bond donors (Lipinski definition) is 2. The molecule has 3 N–H and O–H groups in total. The minimum Gasteiger partial charge on any atom is -0.472 e. The second-order valence-electron chi connectivity index (χ2n) is 4.12. The Balaban J connectivity index is 0.00000116. The predicted molar refractivity (Wildman–Crippen MR) is 93.4 cm³/mol. The molecule has 2 aromatic carbocycles. The van der Waals surface area contributed by atoms with Crippen LogP contribution >= 0.6 is 26.3 Å². The van der Waals surface area contributed by atoms with Crippen LogP contribution in [0.3, 0.4) is 0 Å². The van der Waals surface area contributed by atoms with E-state index in [9.17, 15) is 5.11 Å². The molecule has 0 heterocycles. The molecule has 2 rings (SSSR count). The summed E-state index contributed by atoms with van der Waals surface area (Å²) in [6.45, 7) is 0. The average Bonchev–Trinajstić information content (AvgIpc) is 2.58. The molecule has 0 radical (unpaired) electrons. The van der Waals surface area contributed by atoms with Gasteiger partial charge < -0.3 is 16.3 Å². The number of aliphatic hydroxyl groups is 1. The van der Waals surface area contributed by atoms with Crippen LogP contribution in [0.1, 0.15) is 17.2 Å². The van der Waals surface area contributed by atoms with E-state index in [-0.39, 0.29) is 5.11 Å². The normalized spacial score (nSPS) is 11.9. The van der Waals surface area contributed by atoms with Crippen molar-refractivity contribution in [3.63, 3.8) is 0 Å². The molecule has 2 aromatic rings. The van der Waals surface area contributed by atoms with E-state index in [2.05, 4.69) is 51.1 Å². The summed E-state index contributed by atoms with van der Waals surface area (Å²) in [6, 6.07) is 18.5. The fraction of sp³-hybridized carbons (Fsp3) is 0.0667. The van der Waals surface area contributed by atoms with Gasteiger partial charge in [-0.2, -0.15) is 0 Å². The molecule has 119 valence electrons. The van der Waals surface area contributed by atoms with E-state index in [0.717, 1.165) is 11.1 Å². The molecule has 0 saturated heterocycles. The van der Waals surface area contributed by atoms with Crippen LogP contribution < -0.4 is 5.43 Å². The van der Waals surface area contributed by atoms with Crippen molar-refractivity contribution in [3.05, 3.63) is 77.5 Å². The van der Waals surface area contributed by atoms with Gasteiger partial charge in [-0.25, -0.2) is 0 Å². The van der Waals surface area contributed by atoms with Gasteiger partial charge in [-0.15, -0.1) is 0 Å². The number of hydrazone groups is 1. The van der Waals surface area contributed by atoms with Crippen LogP contribution in [0, 0.1) is 0 Å². The fourth-order valence-corrected chi connectivity index (χ4v) is 1.84. The zero-order chi connectivity index (χ0) is 16.4. The van der Waals surface area contributed by atoms with E-state index in [1.165, 1.54) is 0 Å². The number of aliphatic hydroxyl groups excluding tert-OH is 1. The summed E-state index contributed by atoms with van der Waals surface area (Å²) in [5.41, 5.74) is 11.6. The maximum Gasteiger partial charge on any atom is 0.121 e. The van der Waals surface area contributed by atoms with Crippen LogP contribution in [0.15, 0.2) is 65.8 Å². The molecule has 7 heteroatoms. The Hall–Kier alpha value is -1.24. The predicted octanol–water partition coefficient (Wildman–Crippen LogP) is 3.89. The van der Waals surface area contributed by atoms with Crippen LogP contribution in [0.2, 0.25) is 0 Å². The Morgan fingerprint density at radius 2 is 1.59 bits per heavy atom. The molecule has 0 spiro atoms. The minimum absolute atomic E-state index is 0.196. The molecule has 0 aliphatic carbocycles. The van der Waals surface area contributed by atoms with Gasteiger partial charge in [0.1, 0.15) is 6.10 Å². The largest absolute Gasteiger partial charge is 0.472 e. The summed E-state index contributed by atoms with van der Waals surface area (Å²) in [5.74, 6) is 0. The van der Waals surface area contributed by atoms with E-state index in [1.807, 2.05) is 60.7 Å². The molecule has 0 aromatic heterocycles. The molecule has 0 amide bonds. The average molecular weight is 428 g/mol. The summed E-state index contributed by atoms with van der Waals surface area (Å²) in [5, 5.41) is 14.3. The summed E-state index contributed by atoms with van der Waals surface area (Å²) in [4.78, 5) is 0. The van der Waals surface area contributed by atoms with Gasteiger partial charge in [-0.05, 0) is 11.1 Å². The van der Waals surface area contributed by atoms with Gasteiger partial charge in [0, 0.05) is 5.11 Å². The maximum absolute atomic E-state index is 10.5. The quantitative estimate of drug-likeness (QED) is 0.336.